The molecule has 0 spiro atoms. The lowest BCUT2D eigenvalue weighted by Crippen LogP contribution is -2.44. The molecular weight excluding hydrogens is 274 g/mol. The van der Waals surface area contributed by atoms with Crippen LogP contribution in [0.25, 0.3) is 0 Å². The van der Waals surface area contributed by atoms with Crippen LogP contribution < -0.4 is 5.43 Å². The molecule has 1 atom stereocenters. The molecule has 0 bridgehead atoms. The van der Waals surface area contributed by atoms with Crippen LogP contribution in [0.1, 0.15) is 32.6 Å². The number of pyridine rings is 1. The van der Waals surface area contributed by atoms with E-state index in [-0.39, 0.29) is 18.5 Å². The molecule has 1 saturated heterocycles. The molecular formula is C14H19N3O4. The van der Waals surface area contributed by atoms with Gasteiger partial charge in [-0.2, -0.15) is 0 Å². The molecule has 1 aliphatic rings. The van der Waals surface area contributed by atoms with Gasteiger partial charge in [-0.05, 0) is 25.7 Å². The summed E-state index contributed by atoms with van der Waals surface area (Å²) in [7, 11) is 0. The van der Waals surface area contributed by atoms with Gasteiger partial charge < -0.3 is 9.47 Å². The summed E-state index contributed by atoms with van der Waals surface area (Å²) in [6.07, 6.45) is 6.59. The van der Waals surface area contributed by atoms with Gasteiger partial charge in [0.05, 0.1) is 11.1 Å². The van der Waals surface area contributed by atoms with Gasteiger partial charge in [-0.15, -0.1) is 0 Å². The molecule has 1 aromatic rings. The highest BCUT2D eigenvalue weighted by molar-refractivity contribution is 5.76. The van der Waals surface area contributed by atoms with Gasteiger partial charge in [0.1, 0.15) is 6.54 Å². The van der Waals surface area contributed by atoms with E-state index in [1.165, 1.54) is 10.8 Å². The molecule has 21 heavy (non-hydrogen) atoms. The third-order valence-electron chi connectivity index (χ3n) is 3.89. The fraction of sp³-hybridized carbons (Fsp3) is 0.571. The first-order chi connectivity index (χ1) is 10.0. The minimum atomic E-state index is -0.723. The first-order valence-electron chi connectivity index (χ1n) is 7.17. The van der Waals surface area contributed by atoms with Crippen LogP contribution in [-0.2, 0) is 11.3 Å². The second-order valence-electron chi connectivity index (χ2n) is 5.27. The summed E-state index contributed by atoms with van der Waals surface area (Å²) in [4.78, 5) is 35.6. The highest BCUT2D eigenvalue weighted by Crippen LogP contribution is 2.19. The molecule has 1 aliphatic heterocycles. The van der Waals surface area contributed by atoms with Crippen molar-refractivity contribution >= 4 is 11.6 Å². The minimum absolute atomic E-state index is 0.0254. The number of amides is 1. The molecule has 7 heteroatoms. The Bertz CT molecular complexity index is 596. The molecule has 2 rings (SSSR count). The van der Waals surface area contributed by atoms with Crippen LogP contribution in [0.5, 0.6) is 0 Å². The number of nitrogens with zero attached hydrogens (tertiary/aromatic N) is 3. The fourth-order valence-electron chi connectivity index (χ4n) is 2.75. The van der Waals surface area contributed by atoms with Crippen LogP contribution in [0.2, 0.25) is 0 Å². The predicted octanol–water partition coefficient (Wildman–Crippen LogP) is 1.55. The largest absolute Gasteiger partial charge is 0.339 e. The van der Waals surface area contributed by atoms with Crippen molar-refractivity contribution in [2.24, 2.45) is 0 Å². The number of hydrogen-bond donors (Lipinski definition) is 0. The summed E-state index contributed by atoms with van der Waals surface area (Å²) in [5.41, 5.74) is -1.15. The Hall–Kier alpha value is -2.18. The van der Waals surface area contributed by atoms with Gasteiger partial charge in [0, 0.05) is 24.8 Å². The molecule has 114 valence electrons. The molecule has 2 heterocycles. The van der Waals surface area contributed by atoms with Crippen LogP contribution in [0.4, 0.5) is 5.69 Å². The number of likely N-dealkylation sites (tertiary alicyclic amines) is 1. The van der Waals surface area contributed by atoms with Crippen LogP contribution in [0.15, 0.2) is 23.3 Å². The van der Waals surface area contributed by atoms with E-state index in [0.29, 0.717) is 0 Å². The van der Waals surface area contributed by atoms with Gasteiger partial charge in [-0.25, -0.2) is 0 Å². The summed E-state index contributed by atoms with van der Waals surface area (Å²) in [6.45, 7) is 2.82. The monoisotopic (exact) mass is 293 g/mol. The molecule has 7 nitrogen and oxygen atoms in total. The second-order valence-corrected chi connectivity index (χ2v) is 5.27. The topological polar surface area (TPSA) is 85.5 Å². The van der Waals surface area contributed by atoms with E-state index in [4.69, 9.17) is 0 Å². The van der Waals surface area contributed by atoms with Crippen molar-refractivity contribution in [1.82, 2.24) is 9.47 Å². The number of aromatic nitrogens is 1. The summed E-state index contributed by atoms with van der Waals surface area (Å²) in [5.74, 6) is -0.0560. The van der Waals surface area contributed by atoms with E-state index in [1.54, 1.807) is 0 Å². The van der Waals surface area contributed by atoms with Gasteiger partial charge in [0.25, 0.3) is 5.43 Å². The Balaban J connectivity index is 2.14. The summed E-state index contributed by atoms with van der Waals surface area (Å²) < 4.78 is 1.41. The quantitative estimate of drug-likeness (QED) is 0.622. The van der Waals surface area contributed by atoms with Crippen molar-refractivity contribution in [2.75, 3.05) is 6.54 Å². The van der Waals surface area contributed by atoms with Crippen LogP contribution >= 0.6 is 0 Å². The van der Waals surface area contributed by atoms with Crippen molar-refractivity contribution in [3.8, 4) is 0 Å². The van der Waals surface area contributed by atoms with Gasteiger partial charge >= 0.3 is 5.69 Å². The van der Waals surface area contributed by atoms with Gasteiger partial charge in [0.15, 0.2) is 0 Å². The van der Waals surface area contributed by atoms with Crippen molar-refractivity contribution < 1.29 is 9.72 Å². The predicted molar refractivity (Wildman–Crippen MR) is 77.0 cm³/mol. The zero-order valence-electron chi connectivity index (χ0n) is 12.0. The highest BCUT2D eigenvalue weighted by atomic mass is 16.6. The third-order valence-corrected chi connectivity index (χ3v) is 3.89. The molecule has 0 aromatic carbocycles. The zero-order chi connectivity index (χ0) is 15.4. The lowest BCUT2D eigenvalue weighted by molar-refractivity contribution is -0.386. The standard InChI is InChI=1S/C14H19N3O4/c1-2-11-5-3-4-7-16(11)14(19)10-15-8-6-13(18)12(9-15)17(20)21/h6,8-9,11H,2-5,7,10H2,1H3. The van der Waals surface area contributed by atoms with Crippen molar-refractivity contribution in [3.63, 3.8) is 0 Å². The van der Waals surface area contributed by atoms with Crippen LogP contribution in [0.3, 0.4) is 0 Å². The summed E-state index contributed by atoms with van der Waals surface area (Å²) >= 11 is 0. The Morgan fingerprint density at radius 3 is 2.90 bits per heavy atom. The van der Waals surface area contributed by atoms with Gasteiger partial charge in [-0.3, -0.25) is 19.7 Å². The maximum atomic E-state index is 12.4. The lowest BCUT2D eigenvalue weighted by Gasteiger charge is -2.35. The summed E-state index contributed by atoms with van der Waals surface area (Å²) in [6, 6.07) is 1.37. The number of piperidine rings is 1. The van der Waals surface area contributed by atoms with E-state index >= 15 is 0 Å². The van der Waals surface area contributed by atoms with E-state index in [1.807, 2.05) is 4.90 Å². The van der Waals surface area contributed by atoms with Crippen LogP contribution in [-0.4, -0.2) is 32.9 Å². The maximum absolute atomic E-state index is 12.4. The maximum Gasteiger partial charge on any atom is 0.332 e. The molecule has 1 fully saturated rings. The zero-order valence-corrected chi connectivity index (χ0v) is 12.0. The fourth-order valence-corrected chi connectivity index (χ4v) is 2.75. The molecule has 0 aliphatic carbocycles. The van der Waals surface area contributed by atoms with E-state index in [2.05, 4.69) is 6.92 Å². The van der Waals surface area contributed by atoms with E-state index < -0.39 is 16.0 Å². The average molecular weight is 293 g/mol. The normalized spacial score (nSPS) is 18.5. The number of nitro groups is 1. The lowest BCUT2D eigenvalue weighted by atomic mass is 10.00. The molecule has 0 radical (unpaired) electrons. The van der Waals surface area contributed by atoms with Gasteiger partial charge in [-0.1, -0.05) is 6.92 Å². The van der Waals surface area contributed by atoms with E-state index in [9.17, 15) is 19.7 Å². The third kappa shape index (κ3) is 3.48. The second kappa shape index (κ2) is 6.51. The Morgan fingerprint density at radius 1 is 1.48 bits per heavy atom. The Morgan fingerprint density at radius 2 is 2.24 bits per heavy atom. The number of rotatable bonds is 4. The first kappa shape index (κ1) is 15.2. The van der Waals surface area contributed by atoms with Gasteiger partial charge in [0.2, 0.25) is 5.91 Å². The Labute approximate surface area is 122 Å². The van der Waals surface area contributed by atoms with Crippen molar-refractivity contribution in [3.05, 3.63) is 38.8 Å². The smallest absolute Gasteiger partial charge is 0.332 e. The van der Waals surface area contributed by atoms with Crippen molar-refractivity contribution in [2.45, 2.75) is 45.2 Å². The first-order valence-corrected chi connectivity index (χ1v) is 7.17. The average Bonchev–Trinajstić information content (AvgIpc) is 2.48. The summed E-state index contributed by atoms with van der Waals surface area (Å²) in [5, 5.41) is 10.8. The molecule has 1 amide bonds. The SMILES string of the molecule is CCC1CCCCN1C(=O)Cn1ccc(=O)c([N+](=O)[O-])c1. The Kier molecular flexibility index (Phi) is 4.72. The highest BCUT2D eigenvalue weighted by Gasteiger charge is 2.25. The number of hydrogen-bond acceptors (Lipinski definition) is 4. The molecule has 0 N–H and O–H groups in total. The minimum Gasteiger partial charge on any atom is -0.339 e. The van der Waals surface area contributed by atoms with E-state index in [0.717, 1.165) is 44.5 Å². The van der Waals surface area contributed by atoms with Crippen molar-refractivity contribution in [1.29, 1.82) is 0 Å². The number of carbonyl (C=O) groups is 1. The molecule has 1 aromatic heterocycles. The molecule has 1 unspecified atom stereocenters. The van der Waals surface area contributed by atoms with Crippen LogP contribution in [0, 0.1) is 10.1 Å². The molecule has 0 saturated carbocycles. The number of carbonyl (C=O) groups excluding carboxylic acids is 1.